The maximum absolute atomic E-state index is 10.8. The highest BCUT2D eigenvalue weighted by atomic mass is 16.6. The first-order valence-corrected chi connectivity index (χ1v) is 7.10. The lowest BCUT2D eigenvalue weighted by molar-refractivity contribution is -0.384. The quantitative estimate of drug-likeness (QED) is 0.568. The predicted octanol–water partition coefficient (Wildman–Crippen LogP) is 4.07. The average molecular weight is 264 g/mol. The van der Waals surface area contributed by atoms with Gasteiger partial charge >= 0.3 is 0 Å². The van der Waals surface area contributed by atoms with E-state index in [0.717, 1.165) is 31.4 Å². The molecule has 1 aromatic carbocycles. The van der Waals surface area contributed by atoms with Gasteiger partial charge < -0.3 is 5.32 Å². The number of nitro benzene ring substituents is 1. The van der Waals surface area contributed by atoms with Gasteiger partial charge in [0.25, 0.3) is 5.69 Å². The molecule has 0 bridgehead atoms. The monoisotopic (exact) mass is 264 g/mol. The summed E-state index contributed by atoms with van der Waals surface area (Å²) in [5.41, 5.74) is 1.17. The number of rotatable bonds is 8. The molecule has 4 nitrogen and oxygen atoms in total. The molecule has 106 valence electrons. The Hall–Kier alpha value is -1.42. The maximum Gasteiger partial charge on any atom is 0.269 e. The van der Waals surface area contributed by atoms with E-state index >= 15 is 0 Å². The van der Waals surface area contributed by atoms with Crippen molar-refractivity contribution in [3.8, 4) is 0 Å². The summed E-state index contributed by atoms with van der Waals surface area (Å²) < 4.78 is 0. The van der Waals surface area contributed by atoms with Crippen LogP contribution >= 0.6 is 0 Å². The van der Waals surface area contributed by atoms with Crippen LogP contribution in [0.2, 0.25) is 0 Å². The van der Waals surface area contributed by atoms with E-state index in [1.165, 1.54) is 6.07 Å². The summed E-state index contributed by atoms with van der Waals surface area (Å²) in [7, 11) is 0. The van der Waals surface area contributed by atoms with Crippen molar-refractivity contribution in [2.45, 2.75) is 46.1 Å². The first kappa shape index (κ1) is 15.6. The van der Waals surface area contributed by atoms with Crippen LogP contribution in [0.15, 0.2) is 24.3 Å². The molecule has 0 aromatic heterocycles. The molecule has 0 aliphatic carbocycles. The summed E-state index contributed by atoms with van der Waals surface area (Å²) in [6.45, 7) is 7.46. The van der Waals surface area contributed by atoms with Crippen molar-refractivity contribution < 1.29 is 4.92 Å². The minimum Gasteiger partial charge on any atom is -0.310 e. The molecule has 0 saturated heterocycles. The Bertz CT molecular complexity index is 403. The molecule has 0 heterocycles. The van der Waals surface area contributed by atoms with Gasteiger partial charge in [-0.2, -0.15) is 0 Å². The third-order valence-corrected chi connectivity index (χ3v) is 3.70. The Balaban J connectivity index is 2.74. The molecular weight excluding hydrogens is 240 g/mol. The second-order valence-electron chi connectivity index (χ2n) is 4.90. The lowest BCUT2D eigenvalue weighted by atomic mass is 10.00. The van der Waals surface area contributed by atoms with E-state index in [4.69, 9.17) is 0 Å². The van der Waals surface area contributed by atoms with Crippen LogP contribution in [0.25, 0.3) is 0 Å². The lowest BCUT2D eigenvalue weighted by Crippen LogP contribution is -2.26. The second kappa shape index (κ2) is 7.89. The highest BCUT2D eigenvalue weighted by molar-refractivity contribution is 5.35. The number of hydrogen-bond donors (Lipinski definition) is 1. The van der Waals surface area contributed by atoms with Gasteiger partial charge in [0, 0.05) is 18.2 Å². The zero-order chi connectivity index (χ0) is 14.3. The summed E-state index contributed by atoms with van der Waals surface area (Å²) in [5.74, 6) is 0.674. The first-order chi connectivity index (χ1) is 9.12. The van der Waals surface area contributed by atoms with E-state index < -0.39 is 0 Å². The Morgan fingerprint density at radius 1 is 1.21 bits per heavy atom. The summed E-state index contributed by atoms with van der Waals surface area (Å²) in [5, 5.41) is 14.3. The minimum atomic E-state index is -0.336. The molecule has 0 saturated carbocycles. The van der Waals surface area contributed by atoms with Crippen molar-refractivity contribution in [1.29, 1.82) is 0 Å². The molecule has 4 heteroatoms. The summed E-state index contributed by atoms with van der Waals surface area (Å²) >= 11 is 0. The number of nitrogens with one attached hydrogen (secondary N) is 1. The predicted molar refractivity (Wildman–Crippen MR) is 78.2 cm³/mol. The lowest BCUT2D eigenvalue weighted by Gasteiger charge is -2.21. The molecule has 0 amide bonds. The van der Waals surface area contributed by atoms with Crippen molar-refractivity contribution >= 4 is 5.69 Å². The Kier molecular flexibility index (Phi) is 6.50. The Labute approximate surface area is 115 Å². The smallest absolute Gasteiger partial charge is 0.269 e. The SMILES string of the molecule is CCC(CC)CNC(CC)c1cccc([N+](=O)[O-])c1. The molecule has 0 aliphatic heterocycles. The summed E-state index contributed by atoms with van der Waals surface area (Å²) in [6.07, 6.45) is 3.26. The molecule has 0 spiro atoms. The first-order valence-electron chi connectivity index (χ1n) is 7.10. The number of benzene rings is 1. The highest BCUT2D eigenvalue weighted by Crippen LogP contribution is 2.22. The van der Waals surface area contributed by atoms with Gasteiger partial charge in [-0.15, -0.1) is 0 Å². The second-order valence-corrected chi connectivity index (χ2v) is 4.90. The van der Waals surface area contributed by atoms with E-state index in [1.54, 1.807) is 12.1 Å². The zero-order valence-electron chi connectivity index (χ0n) is 12.1. The third kappa shape index (κ3) is 4.63. The highest BCUT2D eigenvalue weighted by Gasteiger charge is 2.14. The number of non-ortho nitro benzene ring substituents is 1. The van der Waals surface area contributed by atoms with Crippen molar-refractivity contribution in [1.82, 2.24) is 5.32 Å². The van der Waals surface area contributed by atoms with Gasteiger partial charge in [0.1, 0.15) is 0 Å². The molecule has 19 heavy (non-hydrogen) atoms. The molecule has 0 radical (unpaired) electrons. The molecule has 1 unspecified atom stereocenters. The van der Waals surface area contributed by atoms with E-state index in [1.807, 2.05) is 6.07 Å². The van der Waals surface area contributed by atoms with Crippen LogP contribution in [0.1, 0.15) is 51.6 Å². The van der Waals surface area contributed by atoms with Crippen molar-refractivity contribution in [3.63, 3.8) is 0 Å². The summed E-state index contributed by atoms with van der Waals surface area (Å²) in [4.78, 5) is 10.5. The fourth-order valence-electron chi connectivity index (χ4n) is 2.24. The van der Waals surface area contributed by atoms with Crippen LogP contribution in [0.3, 0.4) is 0 Å². The van der Waals surface area contributed by atoms with E-state index in [-0.39, 0.29) is 16.7 Å². The minimum absolute atomic E-state index is 0.167. The van der Waals surface area contributed by atoms with Gasteiger partial charge in [-0.3, -0.25) is 10.1 Å². The van der Waals surface area contributed by atoms with E-state index in [0.29, 0.717) is 5.92 Å². The molecule has 1 rings (SSSR count). The van der Waals surface area contributed by atoms with Crippen LogP contribution in [-0.4, -0.2) is 11.5 Å². The van der Waals surface area contributed by atoms with Crippen LogP contribution in [0.5, 0.6) is 0 Å². The van der Waals surface area contributed by atoms with Gasteiger partial charge in [0.05, 0.1) is 4.92 Å². The maximum atomic E-state index is 10.8. The molecular formula is C15H24N2O2. The van der Waals surface area contributed by atoms with E-state index in [9.17, 15) is 10.1 Å². The van der Waals surface area contributed by atoms with Crippen molar-refractivity contribution in [3.05, 3.63) is 39.9 Å². The van der Waals surface area contributed by atoms with Gasteiger partial charge in [-0.25, -0.2) is 0 Å². The van der Waals surface area contributed by atoms with Crippen LogP contribution in [-0.2, 0) is 0 Å². The average Bonchev–Trinajstić information content (AvgIpc) is 2.44. The molecule has 0 fully saturated rings. The number of nitro groups is 1. The fraction of sp³-hybridized carbons (Fsp3) is 0.600. The molecule has 0 aliphatic rings. The van der Waals surface area contributed by atoms with Gasteiger partial charge in [0.2, 0.25) is 0 Å². The van der Waals surface area contributed by atoms with Gasteiger partial charge in [0.15, 0.2) is 0 Å². The molecule has 1 aromatic rings. The third-order valence-electron chi connectivity index (χ3n) is 3.70. The largest absolute Gasteiger partial charge is 0.310 e. The van der Waals surface area contributed by atoms with Crippen LogP contribution in [0.4, 0.5) is 5.69 Å². The van der Waals surface area contributed by atoms with Crippen LogP contribution in [0, 0.1) is 16.0 Å². The Morgan fingerprint density at radius 2 is 1.89 bits per heavy atom. The molecule has 1 N–H and O–H groups in total. The molecule has 1 atom stereocenters. The van der Waals surface area contributed by atoms with Crippen molar-refractivity contribution in [2.24, 2.45) is 5.92 Å². The normalized spacial score (nSPS) is 12.6. The number of nitrogens with zero attached hydrogens (tertiary/aromatic N) is 1. The topological polar surface area (TPSA) is 55.2 Å². The van der Waals surface area contributed by atoms with Crippen LogP contribution < -0.4 is 5.32 Å². The Morgan fingerprint density at radius 3 is 2.42 bits per heavy atom. The van der Waals surface area contributed by atoms with Crippen molar-refractivity contribution in [2.75, 3.05) is 6.54 Å². The standard InChI is InChI=1S/C15H24N2O2/c1-4-12(5-2)11-16-15(6-3)13-8-7-9-14(10-13)17(18)19/h7-10,12,15-16H,4-6,11H2,1-3H3. The van der Waals surface area contributed by atoms with Gasteiger partial charge in [-0.1, -0.05) is 45.7 Å². The fourth-order valence-corrected chi connectivity index (χ4v) is 2.24. The van der Waals surface area contributed by atoms with E-state index in [2.05, 4.69) is 26.1 Å². The zero-order valence-corrected chi connectivity index (χ0v) is 12.1. The summed E-state index contributed by atoms with van der Waals surface area (Å²) in [6, 6.07) is 7.13. The van der Waals surface area contributed by atoms with Gasteiger partial charge in [-0.05, 0) is 24.4 Å². The number of hydrogen-bond acceptors (Lipinski definition) is 3.